The molecule has 2 heterocycles. The molecule has 6 heteroatoms. The van der Waals surface area contributed by atoms with Crippen molar-refractivity contribution in [3.63, 3.8) is 0 Å². The first-order chi connectivity index (χ1) is 13.7. The molecule has 0 unspecified atom stereocenters. The Morgan fingerprint density at radius 1 is 1.18 bits per heavy atom. The van der Waals surface area contributed by atoms with Gasteiger partial charge in [-0.25, -0.2) is 4.79 Å². The Hall–Kier alpha value is -2.44. The Balaban J connectivity index is 1.57. The van der Waals surface area contributed by atoms with Gasteiger partial charge in [-0.2, -0.15) is 0 Å². The number of rotatable bonds is 8. The molecule has 6 nitrogen and oxygen atoms in total. The molecule has 1 aliphatic rings. The van der Waals surface area contributed by atoms with Crippen molar-refractivity contribution in [3.8, 4) is 0 Å². The lowest BCUT2D eigenvalue weighted by Gasteiger charge is -2.33. The molecule has 1 aromatic carbocycles. The maximum atomic E-state index is 12.9. The van der Waals surface area contributed by atoms with Crippen LogP contribution in [0.3, 0.4) is 0 Å². The van der Waals surface area contributed by atoms with Crippen LogP contribution in [0.25, 0.3) is 0 Å². The molecule has 28 heavy (non-hydrogen) atoms. The van der Waals surface area contributed by atoms with Crippen LogP contribution in [-0.4, -0.2) is 66.2 Å². The molecule has 3 rings (SSSR count). The number of pyridine rings is 1. The van der Waals surface area contributed by atoms with E-state index in [0.29, 0.717) is 25.7 Å². The molecule has 2 aromatic rings. The van der Waals surface area contributed by atoms with Crippen molar-refractivity contribution in [2.45, 2.75) is 25.9 Å². The summed E-state index contributed by atoms with van der Waals surface area (Å²) in [5.41, 5.74) is 2.26. The summed E-state index contributed by atoms with van der Waals surface area (Å²) in [5, 5.41) is 3.12. The van der Waals surface area contributed by atoms with Gasteiger partial charge in [-0.3, -0.25) is 9.88 Å². The van der Waals surface area contributed by atoms with Gasteiger partial charge in [0.15, 0.2) is 0 Å². The maximum Gasteiger partial charge on any atom is 0.317 e. The number of hydrogen-bond acceptors (Lipinski definition) is 4. The van der Waals surface area contributed by atoms with E-state index in [1.54, 1.807) is 6.20 Å². The van der Waals surface area contributed by atoms with Crippen LogP contribution in [0.4, 0.5) is 4.79 Å². The molecule has 2 amide bonds. The molecular weight excluding hydrogens is 352 g/mol. The van der Waals surface area contributed by atoms with E-state index in [9.17, 15) is 4.79 Å². The first-order valence-electron chi connectivity index (χ1n) is 10.00. The van der Waals surface area contributed by atoms with Gasteiger partial charge in [0, 0.05) is 51.2 Å². The lowest BCUT2D eigenvalue weighted by molar-refractivity contribution is 0.0206. The number of nitrogens with zero attached hydrogens (tertiary/aromatic N) is 3. The average molecular weight is 383 g/mol. The number of ether oxygens (including phenoxy) is 1. The molecular formula is C22H30N4O2. The Morgan fingerprint density at radius 3 is 2.64 bits per heavy atom. The molecule has 1 aliphatic heterocycles. The van der Waals surface area contributed by atoms with Gasteiger partial charge in [0.2, 0.25) is 0 Å². The van der Waals surface area contributed by atoms with E-state index >= 15 is 0 Å². The van der Waals surface area contributed by atoms with Gasteiger partial charge in [-0.15, -0.1) is 0 Å². The zero-order valence-electron chi connectivity index (χ0n) is 16.6. The lowest BCUT2D eigenvalue weighted by atomic mass is 10.1. The van der Waals surface area contributed by atoms with Crippen LogP contribution >= 0.6 is 0 Å². The van der Waals surface area contributed by atoms with Gasteiger partial charge in [-0.05, 0) is 30.5 Å². The van der Waals surface area contributed by atoms with E-state index in [0.717, 1.165) is 38.3 Å². The number of amides is 2. The summed E-state index contributed by atoms with van der Waals surface area (Å²) >= 11 is 0. The van der Waals surface area contributed by atoms with E-state index in [4.69, 9.17) is 4.74 Å². The molecule has 0 aliphatic carbocycles. The Morgan fingerprint density at radius 2 is 1.93 bits per heavy atom. The van der Waals surface area contributed by atoms with Gasteiger partial charge >= 0.3 is 6.03 Å². The fourth-order valence-corrected chi connectivity index (χ4v) is 3.37. The first-order valence-corrected chi connectivity index (χ1v) is 10.00. The summed E-state index contributed by atoms with van der Waals surface area (Å²) in [6.07, 6.45) is 4.40. The molecule has 0 radical (unpaired) electrons. The highest BCUT2D eigenvalue weighted by Gasteiger charge is 2.19. The van der Waals surface area contributed by atoms with Crippen LogP contribution in [0.15, 0.2) is 54.9 Å². The second kappa shape index (κ2) is 10.8. The van der Waals surface area contributed by atoms with Gasteiger partial charge in [0.1, 0.15) is 0 Å². The number of urea groups is 1. The molecule has 0 spiro atoms. The third kappa shape index (κ3) is 6.32. The maximum absolute atomic E-state index is 12.9. The molecule has 150 valence electrons. The van der Waals surface area contributed by atoms with Crippen LogP contribution in [-0.2, 0) is 17.7 Å². The minimum atomic E-state index is -0.0279. The quantitative estimate of drug-likeness (QED) is 0.762. The van der Waals surface area contributed by atoms with E-state index < -0.39 is 0 Å². The van der Waals surface area contributed by atoms with E-state index in [2.05, 4.69) is 34.3 Å². The fraction of sp³-hybridized carbons (Fsp3) is 0.455. The third-order valence-corrected chi connectivity index (χ3v) is 5.11. The second-order valence-electron chi connectivity index (χ2n) is 7.20. The van der Waals surface area contributed by atoms with Gasteiger partial charge in [0.25, 0.3) is 0 Å². The lowest BCUT2D eigenvalue weighted by Crippen LogP contribution is -2.49. The van der Waals surface area contributed by atoms with Crippen LogP contribution in [0.1, 0.15) is 18.1 Å². The fourth-order valence-electron chi connectivity index (χ4n) is 3.37. The minimum Gasteiger partial charge on any atom is -0.379 e. The van der Waals surface area contributed by atoms with Gasteiger partial charge in [-0.1, -0.05) is 36.4 Å². The van der Waals surface area contributed by atoms with Gasteiger partial charge < -0.3 is 15.0 Å². The number of morpholine rings is 1. The first kappa shape index (κ1) is 20.3. The van der Waals surface area contributed by atoms with Crippen molar-refractivity contribution in [3.05, 3.63) is 66.0 Å². The zero-order chi connectivity index (χ0) is 19.6. The number of hydrogen-bond donors (Lipinski definition) is 1. The Kier molecular flexibility index (Phi) is 7.82. The zero-order valence-corrected chi connectivity index (χ0v) is 16.6. The molecule has 0 bridgehead atoms. The summed E-state index contributed by atoms with van der Waals surface area (Å²) < 4.78 is 5.41. The number of benzene rings is 1. The van der Waals surface area contributed by atoms with Crippen LogP contribution in [0, 0.1) is 0 Å². The predicted octanol–water partition coefficient (Wildman–Crippen LogP) is 2.56. The number of carbonyl (C=O) groups excluding carboxylic acids is 1. The highest BCUT2D eigenvalue weighted by molar-refractivity contribution is 5.74. The molecule has 1 aromatic heterocycles. The summed E-state index contributed by atoms with van der Waals surface area (Å²) in [6, 6.07) is 14.4. The number of nitrogens with one attached hydrogen (secondary N) is 1. The van der Waals surface area contributed by atoms with Crippen molar-refractivity contribution >= 4 is 6.03 Å². The third-order valence-electron chi connectivity index (χ3n) is 5.11. The Bertz CT molecular complexity index is 705. The topological polar surface area (TPSA) is 57.7 Å². The SMILES string of the molecule is C[C@H](CNC(=O)N(CCc1ccccc1)Cc1cccnc1)N1CCOCC1. The van der Waals surface area contributed by atoms with Crippen molar-refractivity contribution in [2.24, 2.45) is 0 Å². The molecule has 1 fully saturated rings. The van der Waals surface area contributed by atoms with Crippen molar-refractivity contribution in [1.82, 2.24) is 20.1 Å². The Labute approximate surface area is 167 Å². The standard InChI is InChI=1S/C22H30N4O2/c1-19(25-12-14-28-15-13-25)16-24-22(27)26(18-21-8-5-10-23-17-21)11-9-20-6-3-2-4-7-20/h2-8,10,17,19H,9,11-16,18H2,1H3,(H,24,27)/t19-/m1/s1. The second-order valence-corrected chi connectivity index (χ2v) is 7.20. The molecule has 1 N–H and O–H groups in total. The van der Waals surface area contributed by atoms with Crippen molar-refractivity contribution in [1.29, 1.82) is 0 Å². The van der Waals surface area contributed by atoms with Crippen LogP contribution in [0.5, 0.6) is 0 Å². The van der Waals surface area contributed by atoms with Crippen molar-refractivity contribution in [2.75, 3.05) is 39.4 Å². The number of carbonyl (C=O) groups is 1. The minimum absolute atomic E-state index is 0.0279. The summed E-state index contributed by atoms with van der Waals surface area (Å²) in [7, 11) is 0. The van der Waals surface area contributed by atoms with Crippen LogP contribution < -0.4 is 5.32 Å². The molecule has 0 saturated carbocycles. The van der Waals surface area contributed by atoms with Gasteiger partial charge in [0.05, 0.1) is 13.2 Å². The van der Waals surface area contributed by atoms with E-state index in [-0.39, 0.29) is 6.03 Å². The average Bonchev–Trinajstić information content (AvgIpc) is 2.76. The smallest absolute Gasteiger partial charge is 0.317 e. The van der Waals surface area contributed by atoms with E-state index in [1.807, 2.05) is 41.4 Å². The normalized spacial score (nSPS) is 15.8. The number of aromatic nitrogens is 1. The molecule has 1 atom stereocenters. The largest absolute Gasteiger partial charge is 0.379 e. The van der Waals surface area contributed by atoms with Crippen molar-refractivity contribution < 1.29 is 9.53 Å². The highest BCUT2D eigenvalue weighted by atomic mass is 16.5. The predicted molar refractivity (Wildman–Crippen MR) is 110 cm³/mol. The summed E-state index contributed by atoms with van der Waals surface area (Å²) in [4.78, 5) is 21.3. The van der Waals surface area contributed by atoms with E-state index in [1.165, 1.54) is 5.56 Å². The van der Waals surface area contributed by atoms with Crippen LogP contribution in [0.2, 0.25) is 0 Å². The molecule has 1 saturated heterocycles. The summed E-state index contributed by atoms with van der Waals surface area (Å²) in [5.74, 6) is 0. The summed E-state index contributed by atoms with van der Waals surface area (Å²) in [6.45, 7) is 7.38. The highest BCUT2D eigenvalue weighted by Crippen LogP contribution is 2.08. The monoisotopic (exact) mass is 382 g/mol.